The average molecular weight is 429 g/mol. The Bertz CT molecular complexity index is 993. The van der Waals surface area contributed by atoms with Gasteiger partial charge in [0.1, 0.15) is 22.9 Å². The average Bonchev–Trinajstić information content (AvgIpc) is 3.44. The number of nitrogens with zero attached hydrogens (tertiary/aromatic N) is 1. The summed E-state index contributed by atoms with van der Waals surface area (Å²) < 4.78 is 16.1. The Kier molecular flexibility index (Phi) is 7.46. The van der Waals surface area contributed by atoms with Crippen LogP contribution in [0.2, 0.25) is 0 Å². The second-order valence-corrected chi connectivity index (χ2v) is 7.56. The number of aliphatic imine (C=N–C) groups is 1. The van der Waals surface area contributed by atoms with Crippen molar-refractivity contribution in [3.63, 3.8) is 0 Å². The molecule has 1 unspecified atom stereocenters. The monoisotopic (exact) mass is 428 g/mol. The SMILES string of the molecule is CCNC(=NCC(C)(O)c1ccco1)NCCCc1cc2c(OC)cc(OC)cc2[nH]1. The molecule has 0 aliphatic carbocycles. The van der Waals surface area contributed by atoms with E-state index in [1.54, 1.807) is 39.5 Å². The van der Waals surface area contributed by atoms with Gasteiger partial charge in [-0.1, -0.05) is 0 Å². The molecule has 0 fully saturated rings. The van der Waals surface area contributed by atoms with E-state index >= 15 is 0 Å². The van der Waals surface area contributed by atoms with E-state index in [2.05, 4.69) is 26.7 Å². The van der Waals surface area contributed by atoms with Crippen LogP contribution in [-0.2, 0) is 12.0 Å². The van der Waals surface area contributed by atoms with E-state index in [4.69, 9.17) is 13.9 Å². The lowest BCUT2D eigenvalue weighted by molar-refractivity contribution is 0.0437. The number of hydrogen-bond acceptors (Lipinski definition) is 5. The Morgan fingerprint density at radius 2 is 2.06 bits per heavy atom. The van der Waals surface area contributed by atoms with Crippen molar-refractivity contribution < 1.29 is 19.0 Å². The third kappa shape index (κ3) is 5.73. The number of aliphatic hydroxyl groups is 1. The zero-order valence-corrected chi connectivity index (χ0v) is 18.6. The molecule has 3 rings (SSSR count). The first-order valence-electron chi connectivity index (χ1n) is 10.5. The fourth-order valence-corrected chi connectivity index (χ4v) is 3.38. The predicted octanol–water partition coefficient (Wildman–Crippen LogP) is 3.17. The van der Waals surface area contributed by atoms with E-state index < -0.39 is 5.60 Å². The highest BCUT2D eigenvalue weighted by atomic mass is 16.5. The minimum atomic E-state index is -1.16. The summed E-state index contributed by atoms with van der Waals surface area (Å²) in [6, 6.07) is 9.49. The third-order valence-corrected chi connectivity index (χ3v) is 5.04. The standard InChI is InChI=1S/C23H32N4O4/c1-5-24-22(26-15-23(2,28)21-9-7-11-31-21)25-10-6-8-16-12-18-19(27-16)13-17(29-3)14-20(18)30-4/h7,9,11-14,27-28H,5-6,8,10,15H2,1-4H3,(H2,24,25,26). The molecular formula is C23H32N4O4. The fraction of sp³-hybridized carbons (Fsp3) is 0.435. The van der Waals surface area contributed by atoms with Crippen LogP contribution in [0.4, 0.5) is 0 Å². The quantitative estimate of drug-likeness (QED) is 0.225. The summed E-state index contributed by atoms with van der Waals surface area (Å²) in [6.45, 7) is 5.37. The molecule has 31 heavy (non-hydrogen) atoms. The highest BCUT2D eigenvalue weighted by Gasteiger charge is 2.26. The lowest BCUT2D eigenvalue weighted by Gasteiger charge is -2.19. The van der Waals surface area contributed by atoms with Crippen molar-refractivity contribution in [2.45, 2.75) is 32.3 Å². The molecule has 0 aliphatic rings. The number of ether oxygens (including phenoxy) is 2. The first-order chi connectivity index (χ1) is 15.0. The number of methoxy groups -OCH3 is 2. The number of nitrogens with one attached hydrogen (secondary N) is 3. The fourth-order valence-electron chi connectivity index (χ4n) is 3.38. The van der Waals surface area contributed by atoms with E-state index in [1.165, 1.54) is 0 Å². The van der Waals surface area contributed by atoms with Crippen LogP contribution in [0.1, 0.15) is 31.7 Å². The van der Waals surface area contributed by atoms with E-state index in [1.807, 2.05) is 19.1 Å². The minimum absolute atomic E-state index is 0.194. The molecule has 8 heteroatoms. The molecule has 168 valence electrons. The van der Waals surface area contributed by atoms with Crippen molar-refractivity contribution in [3.8, 4) is 11.5 Å². The van der Waals surface area contributed by atoms with Gasteiger partial charge in [-0.05, 0) is 44.9 Å². The minimum Gasteiger partial charge on any atom is -0.497 e. The molecule has 3 aromatic rings. The van der Waals surface area contributed by atoms with E-state index in [9.17, 15) is 5.11 Å². The molecular weight excluding hydrogens is 396 g/mol. The van der Waals surface area contributed by atoms with Gasteiger partial charge in [0.25, 0.3) is 0 Å². The van der Waals surface area contributed by atoms with Crippen LogP contribution in [0.3, 0.4) is 0 Å². The van der Waals surface area contributed by atoms with Crippen LogP contribution in [0.25, 0.3) is 10.9 Å². The Morgan fingerprint density at radius 1 is 1.23 bits per heavy atom. The van der Waals surface area contributed by atoms with Gasteiger partial charge in [0.15, 0.2) is 5.96 Å². The van der Waals surface area contributed by atoms with Crippen molar-refractivity contribution in [2.75, 3.05) is 33.9 Å². The van der Waals surface area contributed by atoms with Crippen molar-refractivity contribution in [1.29, 1.82) is 0 Å². The Morgan fingerprint density at radius 3 is 2.74 bits per heavy atom. The predicted molar refractivity (Wildman–Crippen MR) is 122 cm³/mol. The number of H-pyrrole nitrogens is 1. The molecule has 1 atom stereocenters. The molecule has 2 aromatic heterocycles. The second kappa shape index (κ2) is 10.3. The summed E-state index contributed by atoms with van der Waals surface area (Å²) in [7, 11) is 3.31. The number of benzene rings is 1. The molecule has 8 nitrogen and oxygen atoms in total. The van der Waals surface area contributed by atoms with Crippen molar-refractivity contribution in [3.05, 3.63) is 48.0 Å². The van der Waals surface area contributed by atoms with Crippen molar-refractivity contribution in [1.82, 2.24) is 15.6 Å². The summed E-state index contributed by atoms with van der Waals surface area (Å²) in [6.07, 6.45) is 3.33. The number of hydrogen-bond donors (Lipinski definition) is 4. The second-order valence-electron chi connectivity index (χ2n) is 7.56. The molecule has 1 aromatic carbocycles. The topological polar surface area (TPSA) is 104 Å². The number of aromatic nitrogens is 1. The largest absolute Gasteiger partial charge is 0.497 e. The summed E-state index contributed by atoms with van der Waals surface area (Å²) in [5.74, 6) is 2.71. The molecule has 2 heterocycles. The normalized spacial score (nSPS) is 13.8. The smallest absolute Gasteiger partial charge is 0.191 e. The number of furan rings is 1. The first kappa shape index (κ1) is 22.6. The zero-order valence-electron chi connectivity index (χ0n) is 18.6. The van der Waals surface area contributed by atoms with Crippen LogP contribution in [0.5, 0.6) is 11.5 Å². The lowest BCUT2D eigenvalue weighted by atomic mass is 10.0. The Balaban J connectivity index is 1.56. The number of fused-ring (bicyclic) bond motifs is 1. The summed E-state index contributed by atoms with van der Waals surface area (Å²) in [5.41, 5.74) is 0.969. The maximum Gasteiger partial charge on any atom is 0.191 e. The Labute approximate surface area is 182 Å². The van der Waals surface area contributed by atoms with Gasteiger partial charge in [-0.25, -0.2) is 4.99 Å². The highest BCUT2D eigenvalue weighted by Crippen LogP contribution is 2.31. The maximum absolute atomic E-state index is 10.6. The van der Waals surface area contributed by atoms with E-state index in [0.29, 0.717) is 11.7 Å². The van der Waals surface area contributed by atoms with Crippen molar-refractivity contribution >= 4 is 16.9 Å². The Hall–Kier alpha value is -3.13. The van der Waals surface area contributed by atoms with Gasteiger partial charge >= 0.3 is 0 Å². The molecule has 0 bridgehead atoms. The maximum atomic E-state index is 10.6. The molecule has 0 saturated heterocycles. The van der Waals surface area contributed by atoms with Gasteiger partial charge < -0.3 is 34.6 Å². The van der Waals surface area contributed by atoms with E-state index in [-0.39, 0.29) is 6.54 Å². The van der Waals surface area contributed by atoms with Gasteiger partial charge in [0.2, 0.25) is 0 Å². The summed E-state index contributed by atoms with van der Waals surface area (Å²) in [4.78, 5) is 7.95. The zero-order chi connectivity index (χ0) is 22.3. The number of aromatic amines is 1. The molecule has 0 aliphatic heterocycles. The van der Waals surface area contributed by atoms with Crippen LogP contribution in [0, 0.1) is 0 Å². The van der Waals surface area contributed by atoms with Gasteiger partial charge in [-0.15, -0.1) is 0 Å². The summed E-state index contributed by atoms with van der Waals surface area (Å²) in [5, 5.41) is 18.2. The van der Waals surface area contributed by atoms with Gasteiger partial charge in [0, 0.05) is 36.3 Å². The highest BCUT2D eigenvalue weighted by molar-refractivity contribution is 5.88. The molecule has 0 saturated carbocycles. The lowest BCUT2D eigenvalue weighted by Crippen LogP contribution is -2.39. The first-order valence-corrected chi connectivity index (χ1v) is 10.5. The van der Waals surface area contributed by atoms with Gasteiger partial charge in [-0.3, -0.25) is 0 Å². The number of rotatable bonds is 10. The molecule has 4 N–H and O–H groups in total. The number of guanidine groups is 1. The van der Waals surface area contributed by atoms with Gasteiger partial charge in [-0.2, -0.15) is 0 Å². The van der Waals surface area contributed by atoms with Crippen LogP contribution < -0.4 is 20.1 Å². The van der Waals surface area contributed by atoms with Crippen LogP contribution in [0.15, 0.2) is 46.0 Å². The van der Waals surface area contributed by atoms with Crippen molar-refractivity contribution in [2.24, 2.45) is 4.99 Å². The molecule has 0 amide bonds. The number of aryl methyl sites for hydroxylation is 1. The van der Waals surface area contributed by atoms with Gasteiger partial charge in [0.05, 0.1) is 32.5 Å². The summed E-state index contributed by atoms with van der Waals surface area (Å²) >= 11 is 0. The van der Waals surface area contributed by atoms with Crippen LogP contribution >= 0.6 is 0 Å². The molecule has 0 radical (unpaired) electrons. The third-order valence-electron chi connectivity index (χ3n) is 5.04. The van der Waals surface area contributed by atoms with Crippen LogP contribution in [-0.4, -0.2) is 49.9 Å². The van der Waals surface area contributed by atoms with E-state index in [0.717, 1.165) is 54.0 Å². The molecule has 0 spiro atoms.